The quantitative estimate of drug-likeness (QED) is 0.807. The first-order valence-corrected chi connectivity index (χ1v) is 10.0. The lowest BCUT2D eigenvalue weighted by atomic mass is 9.51. The minimum absolute atomic E-state index is 0.0174. The van der Waals surface area contributed by atoms with Crippen molar-refractivity contribution in [3.63, 3.8) is 0 Å². The number of hydrogen-bond donors (Lipinski definition) is 2. The Morgan fingerprint density at radius 2 is 2.12 bits per heavy atom. The summed E-state index contributed by atoms with van der Waals surface area (Å²) in [7, 11) is 0. The molecule has 0 bridgehead atoms. The summed E-state index contributed by atoms with van der Waals surface area (Å²) in [6.07, 6.45) is 5.76. The van der Waals surface area contributed by atoms with Crippen molar-refractivity contribution in [1.82, 2.24) is 0 Å². The molecule has 142 valence electrons. The van der Waals surface area contributed by atoms with E-state index in [9.17, 15) is 15.0 Å². The smallest absolute Gasteiger partial charge is 0.302 e. The van der Waals surface area contributed by atoms with Gasteiger partial charge in [-0.2, -0.15) is 0 Å². The van der Waals surface area contributed by atoms with Crippen molar-refractivity contribution in [1.29, 1.82) is 0 Å². The van der Waals surface area contributed by atoms with Crippen LogP contribution in [-0.2, 0) is 16.0 Å². The van der Waals surface area contributed by atoms with E-state index in [1.165, 1.54) is 18.1 Å². The maximum absolute atomic E-state index is 11.2. The Bertz CT molecular complexity index is 699. The van der Waals surface area contributed by atoms with E-state index in [0.29, 0.717) is 36.0 Å². The number of aryl methyl sites for hydroxylation is 1. The van der Waals surface area contributed by atoms with Crippen molar-refractivity contribution >= 4 is 5.97 Å². The summed E-state index contributed by atoms with van der Waals surface area (Å²) >= 11 is 0. The number of hydrogen-bond acceptors (Lipinski definition) is 4. The topological polar surface area (TPSA) is 66.8 Å². The fourth-order valence-electron chi connectivity index (χ4n) is 6.48. The number of benzene rings is 1. The van der Waals surface area contributed by atoms with Gasteiger partial charge in [-0.25, -0.2) is 0 Å². The number of fused-ring (bicyclic) bond motifs is 5. The average Bonchev–Trinajstić information content (AvgIpc) is 2.89. The van der Waals surface area contributed by atoms with Crippen LogP contribution in [0.1, 0.15) is 63.0 Å². The molecule has 2 N–H and O–H groups in total. The van der Waals surface area contributed by atoms with Crippen molar-refractivity contribution in [2.75, 3.05) is 6.61 Å². The molecule has 6 atom stereocenters. The Morgan fingerprint density at radius 1 is 1.31 bits per heavy atom. The highest BCUT2D eigenvalue weighted by molar-refractivity contribution is 5.65. The SMILES string of the molecule is CC(=O)OCC[C@H]1CC2(C)C(O)CCC2C2CCc3cc(O)ccc3C21. The molecule has 2 saturated carbocycles. The van der Waals surface area contributed by atoms with E-state index < -0.39 is 0 Å². The average molecular weight is 358 g/mol. The van der Waals surface area contributed by atoms with Gasteiger partial charge in [-0.15, -0.1) is 0 Å². The van der Waals surface area contributed by atoms with E-state index >= 15 is 0 Å². The number of carbonyl (C=O) groups is 1. The number of ether oxygens (including phenoxy) is 1. The number of aliphatic hydroxyl groups is 1. The molecule has 2 fully saturated rings. The van der Waals surface area contributed by atoms with E-state index in [1.807, 2.05) is 12.1 Å². The van der Waals surface area contributed by atoms with Gasteiger partial charge in [0.15, 0.2) is 0 Å². The highest BCUT2D eigenvalue weighted by Crippen LogP contribution is 2.63. The van der Waals surface area contributed by atoms with Gasteiger partial charge < -0.3 is 14.9 Å². The molecule has 0 spiro atoms. The first kappa shape index (κ1) is 17.8. The molecule has 4 nitrogen and oxygen atoms in total. The molecule has 0 radical (unpaired) electrons. The van der Waals surface area contributed by atoms with Crippen molar-refractivity contribution in [2.24, 2.45) is 23.2 Å². The Kier molecular flexibility index (Phi) is 4.50. The van der Waals surface area contributed by atoms with Gasteiger partial charge in [0.25, 0.3) is 0 Å². The molecular weight excluding hydrogens is 328 g/mol. The molecule has 26 heavy (non-hydrogen) atoms. The fraction of sp³-hybridized carbons (Fsp3) is 0.682. The van der Waals surface area contributed by atoms with Crippen molar-refractivity contribution in [3.8, 4) is 5.75 Å². The molecular formula is C22H30O4. The second-order valence-corrected chi connectivity index (χ2v) is 8.91. The van der Waals surface area contributed by atoms with E-state index in [4.69, 9.17) is 4.74 Å². The summed E-state index contributed by atoms with van der Waals surface area (Å²) in [6, 6.07) is 5.84. The van der Waals surface area contributed by atoms with Gasteiger partial charge in [-0.1, -0.05) is 13.0 Å². The van der Waals surface area contributed by atoms with Crippen LogP contribution < -0.4 is 0 Å². The monoisotopic (exact) mass is 358 g/mol. The lowest BCUT2D eigenvalue weighted by Crippen LogP contribution is -2.48. The third kappa shape index (κ3) is 2.83. The Morgan fingerprint density at radius 3 is 2.88 bits per heavy atom. The van der Waals surface area contributed by atoms with Crippen LogP contribution in [0.2, 0.25) is 0 Å². The number of rotatable bonds is 3. The van der Waals surface area contributed by atoms with E-state index in [2.05, 4.69) is 13.0 Å². The second kappa shape index (κ2) is 6.56. The zero-order valence-corrected chi connectivity index (χ0v) is 15.8. The lowest BCUT2D eigenvalue weighted by molar-refractivity contribution is -0.142. The standard InChI is InChI=1S/C22H30O4/c1-13(23)26-10-9-15-12-22(2)19(7-8-20(22)25)18-5-3-14-11-16(24)4-6-17(14)21(15)18/h4,6,11,15,18-21,24-25H,3,5,7-10,12H2,1-2H3/t15-,18?,19?,20?,21?,22?/m0/s1. The third-order valence-corrected chi connectivity index (χ3v) is 7.57. The van der Waals surface area contributed by atoms with Gasteiger partial charge in [-0.05, 0) is 90.9 Å². The summed E-state index contributed by atoms with van der Waals surface area (Å²) in [6.45, 7) is 4.19. The third-order valence-electron chi connectivity index (χ3n) is 7.57. The van der Waals surface area contributed by atoms with Crippen LogP contribution in [-0.4, -0.2) is 28.9 Å². The van der Waals surface area contributed by atoms with Crippen LogP contribution >= 0.6 is 0 Å². The van der Waals surface area contributed by atoms with Crippen LogP contribution in [0.5, 0.6) is 5.75 Å². The zero-order valence-electron chi connectivity index (χ0n) is 15.8. The summed E-state index contributed by atoms with van der Waals surface area (Å²) in [4.78, 5) is 11.2. The maximum atomic E-state index is 11.2. The predicted molar refractivity (Wildman–Crippen MR) is 98.9 cm³/mol. The largest absolute Gasteiger partial charge is 0.508 e. The van der Waals surface area contributed by atoms with Crippen LogP contribution in [0, 0.1) is 23.2 Å². The van der Waals surface area contributed by atoms with Crippen molar-refractivity contribution in [2.45, 2.75) is 64.4 Å². The summed E-state index contributed by atoms with van der Waals surface area (Å²) in [5.74, 6) is 2.10. The predicted octanol–water partition coefficient (Wildman–Crippen LogP) is 3.79. The number of carbonyl (C=O) groups excluding carboxylic acids is 1. The molecule has 0 heterocycles. The van der Waals surface area contributed by atoms with Crippen LogP contribution in [0.15, 0.2) is 18.2 Å². The van der Waals surface area contributed by atoms with Crippen LogP contribution in [0.25, 0.3) is 0 Å². The molecule has 4 rings (SSSR count). The zero-order chi connectivity index (χ0) is 18.5. The van der Waals surface area contributed by atoms with Gasteiger partial charge >= 0.3 is 5.97 Å². The van der Waals surface area contributed by atoms with Crippen LogP contribution in [0.3, 0.4) is 0 Å². The minimum Gasteiger partial charge on any atom is -0.508 e. The first-order valence-electron chi connectivity index (χ1n) is 10.0. The molecule has 0 aliphatic heterocycles. The van der Waals surface area contributed by atoms with Crippen molar-refractivity contribution < 1.29 is 19.7 Å². The normalized spacial score (nSPS) is 38.2. The van der Waals surface area contributed by atoms with Crippen LogP contribution in [0.4, 0.5) is 0 Å². The molecule has 5 unspecified atom stereocenters. The van der Waals surface area contributed by atoms with E-state index in [0.717, 1.165) is 38.5 Å². The Labute approximate surface area is 155 Å². The number of phenols is 1. The molecule has 3 aliphatic rings. The molecule has 1 aromatic rings. The van der Waals surface area contributed by atoms with E-state index in [1.54, 1.807) is 0 Å². The first-order chi connectivity index (χ1) is 12.4. The Balaban J connectivity index is 1.68. The molecule has 0 aromatic heterocycles. The fourth-order valence-corrected chi connectivity index (χ4v) is 6.48. The van der Waals surface area contributed by atoms with E-state index in [-0.39, 0.29) is 17.5 Å². The number of aromatic hydroxyl groups is 1. The second-order valence-electron chi connectivity index (χ2n) is 8.91. The van der Waals surface area contributed by atoms with Crippen molar-refractivity contribution in [3.05, 3.63) is 29.3 Å². The number of aliphatic hydroxyl groups excluding tert-OH is 1. The molecule has 1 aromatic carbocycles. The number of esters is 1. The van der Waals surface area contributed by atoms with Gasteiger partial charge in [0.1, 0.15) is 5.75 Å². The molecule has 4 heteroatoms. The maximum Gasteiger partial charge on any atom is 0.302 e. The highest BCUT2D eigenvalue weighted by Gasteiger charge is 2.57. The Hall–Kier alpha value is -1.55. The van der Waals surface area contributed by atoms with Gasteiger partial charge in [0, 0.05) is 6.92 Å². The highest BCUT2D eigenvalue weighted by atomic mass is 16.5. The molecule has 3 aliphatic carbocycles. The minimum atomic E-state index is -0.226. The van der Waals surface area contributed by atoms with Gasteiger partial charge in [0.05, 0.1) is 12.7 Å². The number of phenolic OH excluding ortho intramolecular Hbond substituents is 1. The molecule has 0 amide bonds. The molecule has 0 saturated heterocycles. The summed E-state index contributed by atoms with van der Waals surface area (Å²) in [5.41, 5.74) is 2.62. The summed E-state index contributed by atoms with van der Waals surface area (Å²) in [5, 5.41) is 20.6. The van der Waals surface area contributed by atoms with Gasteiger partial charge in [0.2, 0.25) is 0 Å². The van der Waals surface area contributed by atoms with Gasteiger partial charge in [-0.3, -0.25) is 4.79 Å². The lowest BCUT2D eigenvalue weighted by Gasteiger charge is -2.54. The summed E-state index contributed by atoms with van der Waals surface area (Å²) < 4.78 is 5.26.